The Kier molecular flexibility index (Phi) is 25.6. The highest BCUT2D eigenvalue weighted by Gasteiger charge is 2.26. The van der Waals surface area contributed by atoms with Crippen molar-refractivity contribution in [3.8, 4) is 0 Å². The molecule has 0 spiro atoms. The first kappa shape index (κ1) is 61.4. The van der Waals surface area contributed by atoms with Gasteiger partial charge in [-0.25, -0.2) is 0 Å². The summed E-state index contributed by atoms with van der Waals surface area (Å²) in [6, 6.07) is 31.1. The Balaban J connectivity index is 0.000000325. The van der Waals surface area contributed by atoms with E-state index in [9.17, 15) is 34.5 Å². The van der Waals surface area contributed by atoms with Gasteiger partial charge in [-0.3, -0.25) is 19.2 Å². The highest BCUT2D eigenvalue weighted by Crippen LogP contribution is 2.29. The maximum Gasteiger partial charge on any atom is 0.307 e. The van der Waals surface area contributed by atoms with Crippen LogP contribution in [0.15, 0.2) is 97.2 Å². The summed E-state index contributed by atoms with van der Waals surface area (Å²) in [6.45, 7) is 32.9. The van der Waals surface area contributed by atoms with Crippen LogP contribution in [0.2, 0.25) is 0 Å². The Labute approximate surface area is 426 Å². The molecule has 1 aromatic heterocycles. The number of carboxylic acids is 4. The van der Waals surface area contributed by atoms with Gasteiger partial charge in [0, 0.05) is 17.1 Å². The molecule has 0 fully saturated rings. The number of aromatic nitrogens is 1. The van der Waals surface area contributed by atoms with E-state index in [1.54, 1.807) is 0 Å². The summed E-state index contributed by atoms with van der Waals surface area (Å²) in [4.78, 5) is 48.1. The number of aliphatic carboxylic acids is 4. The van der Waals surface area contributed by atoms with E-state index in [0.29, 0.717) is 49.4 Å². The first-order chi connectivity index (χ1) is 33.2. The second-order valence-electron chi connectivity index (χ2n) is 22.0. The molecule has 0 amide bonds. The first-order valence-corrected chi connectivity index (χ1v) is 25.9. The zero-order valence-electron chi connectivity index (χ0n) is 45.9. The molecule has 5 N–H and O–H groups in total. The second-order valence-corrected chi connectivity index (χ2v) is 22.0. The van der Waals surface area contributed by atoms with Crippen molar-refractivity contribution in [2.75, 3.05) is 0 Å². The highest BCUT2D eigenvalue weighted by molar-refractivity contribution is 5.85. The van der Waals surface area contributed by atoms with Crippen LogP contribution < -0.4 is 0 Å². The van der Waals surface area contributed by atoms with Gasteiger partial charge in [-0.05, 0) is 130 Å². The molecule has 0 bridgehead atoms. The number of nitrogens with one attached hydrogen (secondary N) is 1. The summed E-state index contributed by atoms with van der Waals surface area (Å²) in [7, 11) is 0. The predicted molar refractivity (Wildman–Crippen MR) is 293 cm³/mol. The molecule has 4 aromatic carbocycles. The molecule has 0 aliphatic carbocycles. The molecule has 0 aliphatic rings. The van der Waals surface area contributed by atoms with Crippen LogP contribution in [0.4, 0.5) is 0 Å². The number of carboxylic acid groups (broad SMARTS) is 4. The van der Waals surface area contributed by atoms with Crippen LogP contribution in [0.5, 0.6) is 0 Å². The summed E-state index contributed by atoms with van der Waals surface area (Å²) in [5.74, 6) is -1.50. The van der Waals surface area contributed by atoms with Crippen molar-refractivity contribution in [1.82, 2.24) is 4.98 Å². The Morgan fingerprint density at radius 2 is 0.803 bits per heavy atom. The average Bonchev–Trinajstić information content (AvgIpc) is 3.70. The van der Waals surface area contributed by atoms with Gasteiger partial charge in [-0.15, -0.1) is 0 Å². The van der Waals surface area contributed by atoms with Crippen LogP contribution in [0.1, 0.15) is 179 Å². The van der Waals surface area contributed by atoms with Crippen molar-refractivity contribution in [3.05, 3.63) is 142 Å². The molecule has 5 aromatic rings. The number of hydrogen-bond donors (Lipinski definition) is 5. The number of benzene rings is 4. The lowest BCUT2D eigenvalue weighted by Crippen LogP contribution is -2.22. The lowest BCUT2D eigenvalue weighted by atomic mass is 9.85. The zero-order chi connectivity index (χ0) is 53.9. The number of hydrogen-bond acceptors (Lipinski definition) is 4. The number of carbonyl (C=O) groups is 4. The monoisotopic (exact) mass is 976 g/mol. The van der Waals surface area contributed by atoms with Gasteiger partial charge in [0.25, 0.3) is 0 Å². The zero-order valence-corrected chi connectivity index (χ0v) is 45.9. The summed E-state index contributed by atoms with van der Waals surface area (Å²) < 4.78 is 0. The molecule has 71 heavy (non-hydrogen) atoms. The number of H-pyrrole nitrogens is 1. The van der Waals surface area contributed by atoms with E-state index in [-0.39, 0.29) is 47.3 Å². The minimum atomic E-state index is -0.714. The molecule has 390 valence electrons. The fraction of sp³-hybridized carbons (Fsp3) is 0.516. The lowest BCUT2D eigenvalue weighted by Gasteiger charge is -2.19. The fourth-order valence-electron chi connectivity index (χ4n) is 8.54. The Bertz CT molecular complexity index is 2400. The van der Waals surface area contributed by atoms with Gasteiger partial charge in [0.1, 0.15) is 0 Å². The Hall–Kier alpha value is -5.70. The first-order valence-electron chi connectivity index (χ1n) is 25.9. The highest BCUT2D eigenvalue weighted by atomic mass is 16.4. The van der Waals surface area contributed by atoms with Crippen LogP contribution in [0, 0.1) is 47.3 Å². The minimum absolute atomic E-state index is 0.130. The van der Waals surface area contributed by atoms with E-state index in [0.717, 1.165) is 27.6 Å². The molecule has 1 heterocycles. The molecule has 0 radical (unpaired) electrons. The fourth-order valence-corrected chi connectivity index (χ4v) is 8.54. The maximum atomic E-state index is 11.4. The molecular formula is C62H89NO8. The van der Waals surface area contributed by atoms with Crippen molar-refractivity contribution in [3.63, 3.8) is 0 Å². The van der Waals surface area contributed by atoms with Crippen molar-refractivity contribution in [2.45, 2.75) is 160 Å². The number of fused-ring (bicyclic) bond motifs is 1. The van der Waals surface area contributed by atoms with E-state index >= 15 is 0 Å². The van der Waals surface area contributed by atoms with Gasteiger partial charge in [0.2, 0.25) is 0 Å². The van der Waals surface area contributed by atoms with E-state index in [1.807, 2.05) is 104 Å². The average molecular weight is 976 g/mol. The molecule has 9 heteroatoms. The molecule has 9 nitrogen and oxygen atoms in total. The summed E-state index contributed by atoms with van der Waals surface area (Å²) in [6.07, 6.45) is 4.39. The van der Waals surface area contributed by atoms with Gasteiger partial charge in [0.15, 0.2) is 0 Å². The second kappa shape index (κ2) is 29.6. The van der Waals surface area contributed by atoms with Crippen molar-refractivity contribution in [2.24, 2.45) is 47.3 Å². The van der Waals surface area contributed by atoms with Gasteiger partial charge in [-0.2, -0.15) is 0 Å². The Morgan fingerprint density at radius 1 is 0.394 bits per heavy atom. The summed E-state index contributed by atoms with van der Waals surface area (Å²) in [5.41, 5.74) is 10.7. The third-order valence-corrected chi connectivity index (χ3v) is 13.7. The molecule has 4 unspecified atom stereocenters. The van der Waals surface area contributed by atoms with Crippen LogP contribution in [-0.4, -0.2) is 49.3 Å². The normalized spacial score (nSPS) is 13.1. The summed E-state index contributed by atoms with van der Waals surface area (Å²) >= 11 is 0. The van der Waals surface area contributed by atoms with Crippen molar-refractivity contribution < 1.29 is 39.6 Å². The minimum Gasteiger partial charge on any atom is -0.481 e. The molecule has 5 rings (SSSR count). The van der Waals surface area contributed by atoms with Crippen LogP contribution in [0.25, 0.3) is 10.9 Å². The summed E-state index contributed by atoms with van der Waals surface area (Å²) in [5, 5.41) is 38.1. The number of rotatable bonds is 20. The van der Waals surface area contributed by atoms with Crippen LogP contribution in [-0.2, 0) is 44.9 Å². The third kappa shape index (κ3) is 20.1. The SMILES string of the molecule is CC(C)c1ccc(CC(C(=O)O)C(C)C)cc1.CC(C)c1ccc2[nH]cc(CC(C(=O)O)C(C)C)c2c1.CC(C)c1cccc(CC(C(=O)O)C(C)C)c1.CC(C)c1ccccc1CC(C(=O)O)C(C)C. The molecule has 0 saturated carbocycles. The van der Waals surface area contributed by atoms with E-state index in [2.05, 4.69) is 109 Å². The largest absolute Gasteiger partial charge is 0.481 e. The Morgan fingerprint density at radius 3 is 1.24 bits per heavy atom. The van der Waals surface area contributed by atoms with Crippen LogP contribution in [0.3, 0.4) is 0 Å². The topological polar surface area (TPSA) is 165 Å². The smallest absolute Gasteiger partial charge is 0.307 e. The molecule has 0 aliphatic heterocycles. The van der Waals surface area contributed by atoms with Gasteiger partial charge < -0.3 is 25.4 Å². The van der Waals surface area contributed by atoms with E-state index in [1.165, 1.54) is 27.8 Å². The van der Waals surface area contributed by atoms with E-state index < -0.39 is 23.9 Å². The van der Waals surface area contributed by atoms with Crippen molar-refractivity contribution >= 4 is 34.8 Å². The molecule has 0 saturated heterocycles. The quantitative estimate of drug-likeness (QED) is 0.0514. The lowest BCUT2D eigenvalue weighted by molar-refractivity contribution is -0.144. The van der Waals surface area contributed by atoms with Gasteiger partial charge in [-0.1, -0.05) is 190 Å². The number of aromatic amines is 1. The predicted octanol–water partition coefficient (Wildman–Crippen LogP) is 15.3. The maximum absolute atomic E-state index is 11.4. The van der Waals surface area contributed by atoms with Gasteiger partial charge >= 0.3 is 23.9 Å². The standard InChI is InChI=1S/C17H23NO2.3C15H22O2/c1-10(2)12-5-6-16-15(7-12)13(9-18-16)8-14(11(3)4)17(19)20;1-10(2)13-7-5-12(6-8-13)9-14(11(3)4)15(16)17;1-10(2)13-7-5-6-12(8-13)9-14(11(3)4)15(16)17;1-10(2)13-8-6-5-7-12(13)9-14(11(3)4)15(16)17/h5-7,9-11,14,18H,8H2,1-4H3,(H,19,20);3*5-8,10-11,14H,9H2,1-4H3,(H,16,17). The molecular weight excluding hydrogens is 887 g/mol. The van der Waals surface area contributed by atoms with Gasteiger partial charge in [0.05, 0.1) is 23.7 Å². The van der Waals surface area contributed by atoms with E-state index in [4.69, 9.17) is 5.11 Å². The third-order valence-electron chi connectivity index (χ3n) is 13.7. The van der Waals surface area contributed by atoms with Crippen LogP contribution >= 0.6 is 0 Å². The molecule has 4 atom stereocenters. The van der Waals surface area contributed by atoms with Crippen molar-refractivity contribution in [1.29, 1.82) is 0 Å².